The van der Waals surface area contributed by atoms with Gasteiger partial charge < -0.3 is 14.3 Å². The Labute approximate surface area is 165 Å². The molecule has 0 amide bonds. The Hall–Kier alpha value is -2.58. The molecule has 28 heavy (non-hydrogen) atoms. The van der Waals surface area contributed by atoms with Crippen LogP contribution in [-0.4, -0.2) is 17.6 Å². The van der Waals surface area contributed by atoms with Gasteiger partial charge in [0.1, 0.15) is 0 Å². The summed E-state index contributed by atoms with van der Waals surface area (Å²) >= 11 is 0. The molecule has 0 fully saturated rings. The number of benzene rings is 2. The molecule has 1 aromatic heterocycles. The third-order valence-electron chi connectivity index (χ3n) is 5.54. The normalized spacial score (nSPS) is 16.0. The molecule has 1 aliphatic carbocycles. The zero-order chi connectivity index (χ0) is 19.7. The maximum atomic E-state index is 14.6. The molecule has 0 saturated carbocycles. The van der Waals surface area contributed by atoms with Gasteiger partial charge in [-0.25, -0.2) is 0 Å². The van der Waals surface area contributed by atoms with E-state index in [1.165, 1.54) is 0 Å². The second-order valence-electron chi connectivity index (χ2n) is 7.11. The minimum Gasteiger partial charge on any atom is -0.465 e. The van der Waals surface area contributed by atoms with Gasteiger partial charge >= 0.3 is 5.97 Å². The monoisotopic (exact) mass is 393 g/mol. The first-order chi connectivity index (χ1) is 13.6. The maximum Gasteiger partial charge on any atom is 0.314 e. The number of aromatic nitrogens is 1. The number of ether oxygens (including phenoxy) is 1. The molecule has 0 saturated heterocycles. The van der Waals surface area contributed by atoms with Crippen LogP contribution in [0.4, 0.5) is 0 Å². The number of H-pyrrole nitrogens is 1. The van der Waals surface area contributed by atoms with Crippen molar-refractivity contribution in [3.05, 3.63) is 77.5 Å². The van der Waals surface area contributed by atoms with Crippen molar-refractivity contribution in [1.82, 2.24) is 4.98 Å². The standard InChI is InChI=1S/C23H24NO3P/c1-3-27-23(25)20-15-14-19-16(2)22(24-21(19)20)28(26,17-10-6-4-7-11-17)18-12-8-5-9-13-18/h4-13,20,24H,3,14-15H2,1-2H3. The van der Waals surface area contributed by atoms with E-state index in [4.69, 9.17) is 4.74 Å². The third kappa shape index (κ3) is 2.93. The lowest BCUT2D eigenvalue weighted by atomic mass is 10.1. The summed E-state index contributed by atoms with van der Waals surface area (Å²) in [6.45, 7) is 4.19. The van der Waals surface area contributed by atoms with Crippen LogP contribution in [0.1, 0.15) is 36.1 Å². The summed E-state index contributed by atoms with van der Waals surface area (Å²) in [6.07, 6.45) is 1.53. The number of nitrogens with one attached hydrogen (secondary N) is 1. The van der Waals surface area contributed by atoms with E-state index in [1.54, 1.807) is 0 Å². The molecule has 0 spiro atoms. The Bertz CT molecular complexity index is 997. The summed E-state index contributed by atoms with van der Waals surface area (Å²) in [5.41, 5.74) is 3.71. The van der Waals surface area contributed by atoms with Gasteiger partial charge in [-0.2, -0.15) is 0 Å². The largest absolute Gasteiger partial charge is 0.465 e. The molecule has 0 bridgehead atoms. The number of hydrogen-bond donors (Lipinski definition) is 1. The molecule has 1 N–H and O–H groups in total. The average Bonchev–Trinajstić information content (AvgIpc) is 3.29. The van der Waals surface area contributed by atoms with E-state index in [-0.39, 0.29) is 11.9 Å². The van der Waals surface area contributed by atoms with Crippen molar-refractivity contribution >= 4 is 29.2 Å². The minimum atomic E-state index is -3.08. The predicted molar refractivity (Wildman–Crippen MR) is 113 cm³/mol. The molecule has 2 aromatic carbocycles. The van der Waals surface area contributed by atoms with Crippen LogP contribution in [0.3, 0.4) is 0 Å². The van der Waals surface area contributed by atoms with Crippen molar-refractivity contribution in [3.8, 4) is 0 Å². The average molecular weight is 393 g/mol. The molecule has 3 aromatic rings. The number of hydrogen-bond acceptors (Lipinski definition) is 3. The first-order valence-corrected chi connectivity index (χ1v) is 11.4. The summed E-state index contributed by atoms with van der Waals surface area (Å²) < 4.78 is 19.9. The molecule has 0 aliphatic heterocycles. The summed E-state index contributed by atoms with van der Waals surface area (Å²) in [7, 11) is -3.08. The van der Waals surface area contributed by atoms with Crippen LogP contribution in [0.15, 0.2) is 60.7 Å². The van der Waals surface area contributed by atoms with Crippen LogP contribution in [0.2, 0.25) is 0 Å². The first kappa shape index (κ1) is 18.8. The van der Waals surface area contributed by atoms with E-state index in [0.717, 1.165) is 45.7 Å². The lowest BCUT2D eigenvalue weighted by Crippen LogP contribution is -2.28. The zero-order valence-corrected chi connectivity index (χ0v) is 17.0. The van der Waals surface area contributed by atoms with Gasteiger partial charge in [0.25, 0.3) is 0 Å². The Morgan fingerprint density at radius 1 is 1.07 bits per heavy atom. The van der Waals surface area contributed by atoms with Gasteiger partial charge in [0, 0.05) is 16.3 Å². The van der Waals surface area contributed by atoms with Crippen LogP contribution >= 0.6 is 7.14 Å². The van der Waals surface area contributed by atoms with Gasteiger partial charge in [-0.15, -0.1) is 0 Å². The van der Waals surface area contributed by atoms with Crippen molar-refractivity contribution in [2.75, 3.05) is 6.61 Å². The lowest BCUT2D eigenvalue weighted by Gasteiger charge is -2.20. The highest BCUT2D eigenvalue weighted by atomic mass is 31.2. The Morgan fingerprint density at radius 2 is 1.64 bits per heavy atom. The number of carbonyl (C=O) groups is 1. The third-order valence-corrected chi connectivity index (χ3v) is 8.67. The zero-order valence-electron chi connectivity index (χ0n) is 16.1. The second kappa shape index (κ2) is 7.44. The Kier molecular flexibility index (Phi) is 4.99. The number of rotatable bonds is 5. The van der Waals surface area contributed by atoms with Crippen LogP contribution in [0, 0.1) is 6.92 Å². The quantitative estimate of drug-likeness (QED) is 0.533. The summed E-state index contributed by atoms with van der Waals surface area (Å²) in [5, 5.41) is 1.58. The van der Waals surface area contributed by atoms with Crippen molar-refractivity contribution in [2.24, 2.45) is 0 Å². The molecule has 5 heteroatoms. The fourth-order valence-electron chi connectivity index (χ4n) is 4.17. The fourth-order valence-corrected chi connectivity index (χ4v) is 7.05. The molecule has 4 nitrogen and oxygen atoms in total. The number of esters is 1. The number of carbonyl (C=O) groups excluding carboxylic acids is 1. The molecule has 1 unspecified atom stereocenters. The minimum absolute atomic E-state index is 0.205. The van der Waals surface area contributed by atoms with Crippen LogP contribution in [-0.2, 0) is 20.5 Å². The summed E-state index contributed by atoms with van der Waals surface area (Å²) in [6, 6.07) is 19.2. The molecule has 1 aliphatic rings. The van der Waals surface area contributed by atoms with Crippen molar-refractivity contribution in [1.29, 1.82) is 0 Å². The number of fused-ring (bicyclic) bond motifs is 1. The smallest absolute Gasteiger partial charge is 0.314 e. The van der Waals surface area contributed by atoms with E-state index in [0.29, 0.717) is 6.61 Å². The molecular weight excluding hydrogens is 369 g/mol. The molecule has 144 valence electrons. The van der Waals surface area contributed by atoms with Gasteiger partial charge in [0.2, 0.25) is 0 Å². The van der Waals surface area contributed by atoms with Gasteiger partial charge in [-0.1, -0.05) is 60.7 Å². The van der Waals surface area contributed by atoms with E-state index < -0.39 is 7.14 Å². The topological polar surface area (TPSA) is 59.2 Å². The van der Waals surface area contributed by atoms with Gasteiger partial charge in [-0.3, -0.25) is 4.79 Å². The van der Waals surface area contributed by atoms with E-state index in [9.17, 15) is 9.36 Å². The molecule has 4 rings (SSSR count). The van der Waals surface area contributed by atoms with Crippen molar-refractivity contribution in [2.45, 2.75) is 32.6 Å². The van der Waals surface area contributed by atoms with Crippen molar-refractivity contribution < 1.29 is 14.1 Å². The molecular formula is C23H24NO3P. The van der Waals surface area contributed by atoms with Gasteiger partial charge in [0.05, 0.1) is 18.0 Å². The highest BCUT2D eigenvalue weighted by Crippen LogP contribution is 2.46. The van der Waals surface area contributed by atoms with Crippen LogP contribution in [0.5, 0.6) is 0 Å². The molecule has 1 heterocycles. The fraction of sp³-hybridized carbons (Fsp3) is 0.261. The number of aromatic amines is 1. The molecule has 1 atom stereocenters. The van der Waals surface area contributed by atoms with E-state index in [2.05, 4.69) is 4.98 Å². The lowest BCUT2D eigenvalue weighted by molar-refractivity contribution is -0.145. The predicted octanol–water partition coefficient (Wildman–Crippen LogP) is 3.56. The summed E-state index contributed by atoms with van der Waals surface area (Å²) in [4.78, 5) is 15.8. The maximum absolute atomic E-state index is 14.6. The van der Waals surface area contributed by atoms with E-state index >= 15 is 0 Å². The van der Waals surface area contributed by atoms with E-state index in [1.807, 2.05) is 74.5 Å². The van der Waals surface area contributed by atoms with Crippen LogP contribution in [0.25, 0.3) is 0 Å². The Morgan fingerprint density at radius 3 is 2.18 bits per heavy atom. The first-order valence-electron chi connectivity index (χ1n) is 9.67. The van der Waals surface area contributed by atoms with Gasteiger partial charge in [-0.05, 0) is 37.8 Å². The van der Waals surface area contributed by atoms with Crippen molar-refractivity contribution in [3.63, 3.8) is 0 Å². The second-order valence-corrected chi connectivity index (χ2v) is 9.81. The van der Waals surface area contributed by atoms with Crippen LogP contribution < -0.4 is 16.0 Å². The summed E-state index contributed by atoms with van der Waals surface area (Å²) in [5.74, 6) is -0.509. The highest BCUT2D eigenvalue weighted by Gasteiger charge is 2.39. The SMILES string of the molecule is CCOC(=O)C1CCc2c1[nH]c(P(=O)(c1ccccc1)c1ccccc1)c2C. The van der Waals surface area contributed by atoms with Gasteiger partial charge in [0.15, 0.2) is 7.14 Å². The molecule has 0 radical (unpaired) electrons. The Balaban J connectivity index is 1.90. The highest BCUT2D eigenvalue weighted by molar-refractivity contribution is 7.85.